The molecule has 0 bridgehead atoms. The number of carbonyl (C=O) groups is 1. The Bertz CT molecular complexity index is 391. The van der Waals surface area contributed by atoms with Gasteiger partial charge in [-0.15, -0.1) is 11.3 Å². The van der Waals surface area contributed by atoms with Crippen LogP contribution in [-0.2, 0) is 0 Å². The molecule has 1 unspecified atom stereocenters. The number of halogens is 1. The largest absolute Gasteiger partial charge is 0.339 e. The first kappa shape index (κ1) is 13.3. The lowest BCUT2D eigenvalue weighted by Gasteiger charge is -2.19. The smallest absolute Gasteiger partial charge is 0.254 e. The van der Waals surface area contributed by atoms with Gasteiger partial charge >= 0.3 is 0 Å². The summed E-state index contributed by atoms with van der Waals surface area (Å²) in [5.41, 5.74) is 0.870. The van der Waals surface area contributed by atoms with E-state index >= 15 is 0 Å². The van der Waals surface area contributed by atoms with E-state index < -0.39 is 0 Å². The van der Waals surface area contributed by atoms with Crippen molar-refractivity contribution in [1.29, 1.82) is 0 Å². The maximum absolute atomic E-state index is 12.3. The molecule has 0 N–H and O–H groups in total. The first-order valence-corrected chi connectivity index (χ1v) is 8.20. The number of hydrogen-bond donors (Lipinski definition) is 0. The minimum atomic E-state index is 0.223. The van der Waals surface area contributed by atoms with Crippen LogP contribution >= 0.6 is 33.9 Å². The highest BCUT2D eigenvalue weighted by Crippen LogP contribution is 2.23. The maximum atomic E-state index is 12.3. The molecule has 0 saturated carbocycles. The average Bonchev–Trinajstić information content (AvgIpc) is 2.64. The second-order valence-electron chi connectivity index (χ2n) is 4.64. The zero-order chi connectivity index (χ0) is 12.3. The van der Waals surface area contributed by atoms with Crippen molar-refractivity contribution in [2.24, 2.45) is 5.92 Å². The van der Waals surface area contributed by atoms with E-state index in [-0.39, 0.29) is 5.91 Å². The summed E-state index contributed by atoms with van der Waals surface area (Å²) < 4.78 is 1.19. The van der Waals surface area contributed by atoms with Crippen LogP contribution in [0.25, 0.3) is 0 Å². The molecule has 1 aliphatic heterocycles. The van der Waals surface area contributed by atoms with Gasteiger partial charge in [-0.05, 0) is 53.8 Å². The van der Waals surface area contributed by atoms with Crippen LogP contribution in [0.15, 0.2) is 11.4 Å². The lowest BCUT2D eigenvalue weighted by molar-refractivity contribution is 0.0760. The van der Waals surface area contributed by atoms with Gasteiger partial charge in [0.05, 0.1) is 8.45 Å². The molecule has 1 fully saturated rings. The molecule has 17 heavy (non-hydrogen) atoms. The fourth-order valence-electron chi connectivity index (χ4n) is 2.38. The van der Waals surface area contributed by atoms with Crippen LogP contribution in [0.3, 0.4) is 0 Å². The van der Waals surface area contributed by atoms with Crippen molar-refractivity contribution in [3.05, 3.63) is 19.9 Å². The first-order valence-electron chi connectivity index (χ1n) is 6.24. The Hall–Kier alpha value is -0.100. The summed E-state index contributed by atoms with van der Waals surface area (Å²) in [7, 11) is 0. The van der Waals surface area contributed by atoms with Crippen LogP contribution in [0.4, 0.5) is 0 Å². The molecule has 0 spiro atoms. The van der Waals surface area contributed by atoms with Crippen LogP contribution in [-0.4, -0.2) is 23.9 Å². The third-order valence-corrected chi connectivity index (χ3v) is 5.32. The van der Waals surface area contributed by atoms with Crippen molar-refractivity contribution < 1.29 is 4.79 Å². The standard InChI is InChI=1S/C13H18INOS/c1-2-10-4-3-6-15(7-5-10)13(16)11-8-12(14)17-9-11/h8-10H,2-7H2,1H3. The van der Waals surface area contributed by atoms with E-state index in [0.717, 1.165) is 31.0 Å². The highest BCUT2D eigenvalue weighted by molar-refractivity contribution is 14.1. The predicted molar refractivity (Wildman–Crippen MR) is 80.6 cm³/mol. The van der Waals surface area contributed by atoms with Gasteiger partial charge in [0.25, 0.3) is 5.91 Å². The molecule has 0 radical (unpaired) electrons. The number of carbonyl (C=O) groups excluding carboxylic acids is 1. The fourth-order valence-corrected chi connectivity index (χ4v) is 3.70. The molecule has 1 aromatic rings. The average molecular weight is 363 g/mol. The summed E-state index contributed by atoms with van der Waals surface area (Å²) in [5.74, 6) is 1.04. The van der Waals surface area contributed by atoms with Crippen LogP contribution in [0.1, 0.15) is 43.0 Å². The topological polar surface area (TPSA) is 20.3 Å². The van der Waals surface area contributed by atoms with Gasteiger partial charge in [-0.1, -0.05) is 13.3 Å². The predicted octanol–water partition coefficient (Wildman–Crippen LogP) is 4.01. The molecule has 94 valence electrons. The Kier molecular flexibility index (Phi) is 4.85. The SMILES string of the molecule is CCC1CCCN(C(=O)c2csc(I)c2)CC1. The molecule has 0 aromatic carbocycles. The first-order chi connectivity index (χ1) is 8.20. The quantitative estimate of drug-likeness (QED) is 0.728. The van der Waals surface area contributed by atoms with E-state index in [0.29, 0.717) is 0 Å². The van der Waals surface area contributed by atoms with E-state index in [2.05, 4.69) is 29.5 Å². The molecule has 1 atom stereocenters. The van der Waals surface area contributed by atoms with Gasteiger partial charge in [-0.3, -0.25) is 4.79 Å². The molecule has 1 amide bonds. The summed E-state index contributed by atoms with van der Waals surface area (Å²) in [6, 6.07) is 2.00. The van der Waals surface area contributed by atoms with Gasteiger partial charge in [-0.2, -0.15) is 0 Å². The molecule has 1 aliphatic rings. The zero-order valence-corrected chi connectivity index (χ0v) is 13.1. The van der Waals surface area contributed by atoms with Gasteiger partial charge in [-0.25, -0.2) is 0 Å². The minimum Gasteiger partial charge on any atom is -0.339 e. The normalized spacial score (nSPS) is 21.3. The summed E-state index contributed by atoms with van der Waals surface area (Å²) in [5, 5.41) is 1.98. The third kappa shape index (κ3) is 3.44. The van der Waals surface area contributed by atoms with E-state index in [9.17, 15) is 4.79 Å². The van der Waals surface area contributed by atoms with Gasteiger partial charge in [0.15, 0.2) is 0 Å². The number of amides is 1. The highest BCUT2D eigenvalue weighted by atomic mass is 127. The molecule has 1 saturated heterocycles. The monoisotopic (exact) mass is 363 g/mol. The van der Waals surface area contributed by atoms with Crippen molar-refractivity contribution in [2.75, 3.05) is 13.1 Å². The highest BCUT2D eigenvalue weighted by Gasteiger charge is 2.21. The maximum Gasteiger partial charge on any atom is 0.254 e. The molecule has 4 heteroatoms. The van der Waals surface area contributed by atoms with Crippen LogP contribution in [0, 0.1) is 8.80 Å². The lowest BCUT2D eigenvalue weighted by atomic mass is 9.98. The van der Waals surface area contributed by atoms with Crippen molar-refractivity contribution >= 4 is 39.8 Å². The molecule has 2 rings (SSSR count). The second kappa shape index (κ2) is 6.18. The molecule has 2 heterocycles. The number of likely N-dealkylation sites (tertiary alicyclic amines) is 1. The van der Waals surface area contributed by atoms with E-state index in [1.807, 2.05) is 16.3 Å². The second-order valence-corrected chi connectivity index (χ2v) is 7.44. The number of nitrogens with zero attached hydrogens (tertiary/aromatic N) is 1. The Morgan fingerprint density at radius 3 is 3.00 bits per heavy atom. The van der Waals surface area contributed by atoms with Gasteiger partial charge < -0.3 is 4.90 Å². The van der Waals surface area contributed by atoms with E-state index in [1.165, 1.54) is 22.1 Å². The van der Waals surface area contributed by atoms with E-state index in [1.54, 1.807) is 11.3 Å². The van der Waals surface area contributed by atoms with Gasteiger partial charge in [0.2, 0.25) is 0 Å². The Morgan fingerprint density at radius 2 is 2.35 bits per heavy atom. The third-order valence-electron chi connectivity index (χ3n) is 3.53. The Labute approximate surface area is 121 Å². The molecular weight excluding hydrogens is 345 g/mol. The summed E-state index contributed by atoms with van der Waals surface area (Å²) in [6.45, 7) is 4.12. The van der Waals surface area contributed by atoms with Gasteiger partial charge in [0.1, 0.15) is 0 Å². The van der Waals surface area contributed by atoms with Crippen molar-refractivity contribution in [3.63, 3.8) is 0 Å². The fraction of sp³-hybridized carbons (Fsp3) is 0.615. The minimum absolute atomic E-state index is 0.223. The molecule has 0 aliphatic carbocycles. The van der Waals surface area contributed by atoms with Crippen LogP contribution in [0.5, 0.6) is 0 Å². The summed E-state index contributed by atoms with van der Waals surface area (Å²) >= 11 is 3.92. The number of thiophene rings is 1. The lowest BCUT2D eigenvalue weighted by Crippen LogP contribution is -2.31. The Balaban J connectivity index is 2.00. The number of rotatable bonds is 2. The zero-order valence-electron chi connectivity index (χ0n) is 10.1. The van der Waals surface area contributed by atoms with Crippen molar-refractivity contribution in [2.45, 2.75) is 32.6 Å². The molecular formula is C13H18INOS. The molecule has 1 aromatic heterocycles. The summed E-state index contributed by atoms with van der Waals surface area (Å²) in [4.78, 5) is 14.3. The van der Waals surface area contributed by atoms with E-state index in [4.69, 9.17) is 0 Å². The Morgan fingerprint density at radius 1 is 1.53 bits per heavy atom. The van der Waals surface area contributed by atoms with Crippen LogP contribution < -0.4 is 0 Å². The van der Waals surface area contributed by atoms with Crippen molar-refractivity contribution in [3.8, 4) is 0 Å². The number of hydrogen-bond acceptors (Lipinski definition) is 2. The molecule has 2 nitrogen and oxygen atoms in total. The van der Waals surface area contributed by atoms with Crippen molar-refractivity contribution in [1.82, 2.24) is 4.90 Å². The summed E-state index contributed by atoms with van der Waals surface area (Å²) in [6.07, 6.45) is 4.86. The van der Waals surface area contributed by atoms with Crippen LogP contribution in [0.2, 0.25) is 0 Å². The van der Waals surface area contributed by atoms with Gasteiger partial charge in [0, 0.05) is 18.5 Å².